The van der Waals surface area contributed by atoms with Crippen molar-refractivity contribution in [3.05, 3.63) is 69.2 Å². The topological polar surface area (TPSA) is 63.5 Å². The van der Waals surface area contributed by atoms with Crippen molar-refractivity contribution < 1.29 is 9.72 Å². The lowest BCUT2D eigenvalue weighted by Crippen LogP contribution is -2.68. The normalized spacial score (nSPS) is 20.0. The van der Waals surface area contributed by atoms with Crippen molar-refractivity contribution in [3.8, 4) is 0 Å². The molecular formula is C17H13ClN2O3S. The maximum absolute atomic E-state index is 12.9. The molecule has 0 N–H and O–H groups in total. The van der Waals surface area contributed by atoms with Gasteiger partial charge in [0.2, 0.25) is 5.91 Å². The Labute approximate surface area is 149 Å². The fourth-order valence-electron chi connectivity index (χ4n) is 2.96. The molecule has 122 valence electrons. The van der Waals surface area contributed by atoms with Gasteiger partial charge in [-0.25, -0.2) is 0 Å². The van der Waals surface area contributed by atoms with Gasteiger partial charge in [-0.3, -0.25) is 19.8 Å². The van der Waals surface area contributed by atoms with E-state index in [-0.39, 0.29) is 11.6 Å². The van der Waals surface area contributed by atoms with Crippen LogP contribution in [0.1, 0.15) is 18.9 Å². The molecule has 1 heterocycles. The largest absolute Gasteiger partial charge is 0.273 e. The highest BCUT2D eigenvalue weighted by molar-refractivity contribution is 7.81. The Hall–Kier alpha value is -2.31. The average molecular weight is 361 g/mol. The van der Waals surface area contributed by atoms with Crippen molar-refractivity contribution in [1.29, 1.82) is 0 Å². The molecule has 2 aromatic carbocycles. The van der Waals surface area contributed by atoms with E-state index >= 15 is 0 Å². The van der Waals surface area contributed by atoms with E-state index in [9.17, 15) is 14.9 Å². The summed E-state index contributed by atoms with van der Waals surface area (Å²) in [6.45, 7) is 1.91. The van der Waals surface area contributed by atoms with Crippen LogP contribution in [0.3, 0.4) is 0 Å². The SMILES string of the molecule is CC[C@@]1(c2ccc(Cl)cc2)C(=O)N(c2ccc([N+](=O)[O-])cc2)C1=S. The Kier molecular flexibility index (Phi) is 4.11. The van der Waals surface area contributed by atoms with Crippen molar-refractivity contribution in [2.45, 2.75) is 18.8 Å². The van der Waals surface area contributed by atoms with Crippen molar-refractivity contribution >= 4 is 46.1 Å². The fraction of sp³-hybridized carbons (Fsp3) is 0.176. The number of non-ortho nitro benzene ring substituents is 1. The van der Waals surface area contributed by atoms with E-state index in [2.05, 4.69) is 0 Å². The van der Waals surface area contributed by atoms with Crippen LogP contribution in [0.15, 0.2) is 48.5 Å². The minimum atomic E-state index is -0.846. The van der Waals surface area contributed by atoms with E-state index < -0.39 is 10.3 Å². The number of β-lactam (4-membered cyclic amide) rings is 1. The molecule has 1 saturated heterocycles. The predicted molar refractivity (Wildman–Crippen MR) is 96.6 cm³/mol. The smallest absolute Gasteiger partial charge is 0.269 e. The molecule has 24 heavy (non-hydrogen) atoms. The summed E-state index contributed by atoms with van der Waals surface area (Å²) < 4.78 is 0. The highest BCUT2D eigenvalue weighted by atomic mass is 35.5. The first-order valence-electron chi connectivity index (χ1n) is 7.31. The number of hydrogen-bond donors (Lipinski definition) is 0. The van der Waals surface area contributed by atoms with Crippen LogP contribution in [0.5, 0.6) is 0 Å². The van der Waals surface area contributed by atoms with Gasteiger partial charge in [0.15, 0.2) is 0 Å². The zero-order valence-corrected chi connectivity index (χ0v) is 14.3. The lowest BCUT2D eigenvalue weighted by molar-refractivity contribution is -0.384. The van der Waals surface area contributed by atoms with Crippen LogP contribution in [0.25, 0.3) is 0 Å². The van der Waals surface area contributed by atoms with Crippen LogP contribution in [0, 0.1) is 10.1 Å². The molecule has 0 aliphatic carbocycles. The molecule has 0 spiro atoms. The third-order valence-corrected chi connectivity index (χ3v) is 5.11. The Morgan fingerprint density at radius 2 is 1.75 bits per heavy atom. The number of nitrogens with zero attached hydrogens (tertiary/aromatic N) is 2. The van der Waals surface area contributed by atoms with Gasteiger partial charge in [-0.15, -0.1) is 0 Å². The first-order chi connectivity index (χ1) is 11.4. The summed E-state index contributed by atoms with van der Waals surface area (Å²) in [5, 5.41) is 11.3. The van der Waals surface area contributed by atoms with E-state index in [1.54, 1.807) is 12.1 Å². The number of halogens is 1. The number of anilines is 1. The lowest BCUT2D eigenvalue weighted by atomic mass is 9.70. The monoisotopic (exact) mass is 360 g/mol. The van der Waals surface area contributed by atoms with E-state index in [0.29, 0.717) is 22.1 Å². The third kappa shape index (κ3) is 2.30. The number of nitro benzene ring substituents is 1. The number of carbonyl (C=O) groups excluding carboxylic acids is 1. The summed E-state index contributed by atoms with van der Waals surface area (Å²) in [5.41, 5.74) is 0.468. The van der Waals surface area contributed by atoms with Gasteiger partial charge < -0.3 is 0 Å². The number of rotatable bonds is 4. The van der Waals surface area contributed by atoms with E-state index in [0.717, 1.165) is 5.56 Å². The minimum Gasteiger partial charge on any atom is -0.273 e. The zero-order valence-electron chi connectivity index (χ0n) is 12.7. The number of benzene rings is 2. The summed E-state index contributed by atoms with van der Waals surface area (Å²) >= 11 is 11.5. The molecule has 2 aromatic rings. The Morgan fingerprint density at radius 1 is 1.17 bits per heavy atom. The number of hydrogen-bond acceptors (Lipinski definition) is 4. The fourth-order valence-corrected chi connectivity index (χ4v) is 3.62. The highest BCUT2D eigenvalue weighted by Gasteiger charge is 2.57. The highest BCUT2D eigenvalue weighted by Crippen LogP contribution is 2.44. The van der Waals surface area contributed by atoms with Gasteiger partial charge in [0, 0.05) is 22.8 Å². The van der Waals surface area contributed by atoms with Crippen molar-refractivity contribution in [1.82, 2.24) is 0 Å². The molecule has 0 aromatic heterocycles. The van der Waals surface area contributed by atoms with Crippen LogP contribution in [-0.4, -0.2) is 15.8 Å². The van der Waals surface area contributed by atoms with Crippen LogP contribution in [-0.2, 0) is 10.2 Å². The summed E-state index contributed by atoms with van der Waals surface area (Å²) in [5.74, 6) is -0.133. The van der Waals surface area contributed by atoms with Gasteiger partial charge in [0.25, 0.3) is 5.69 Å². The van der Waals surface area contributed by atoms with Gasteiger partial charge in [0.1, 0.15) is 10.4 Å². The van der Waals surface area contributed by atoms with Gasteiger partial charge in [-0.2, -0.15) is 0 Å². The maximum Gasteiger partial charge on any atom is 0.269 e. The average Bonchev–Trinajstić information content (AvgIpc) is 2.58. The molecule has 0 radical (unpaired) electrons. The Morgan fingerprint density at radius 3 is 2.21 bits per heavy atom. The molecule has 3 rings (SSSR count). The van der Waals surface area contributed by atoms with E-state index in [1.165, 1.54) is 29.2 Å². The number of amides is 1. The summed E-state index contributed by atoms with van der Waals surface area (Å²) in [4.78, 5) is 25.1. The zero-order chi connectivity index (χ0) is 17.5. The van der Waals surface area contributed by atoms with Crippen LogP contribution in [0.4, 0.5) is 11.4 Å². The Bertz CT molecular complexity index is 818. The molecule has 0 unspecified atom stereocenters. The number of thiocarbonyl (C=S) groups is 1. The standard InChI is InChI=1S/C17H13ClN2O3S/c1-2-17(11-3-5-12(18)6-4-11)15(21)19(16(17)24)13-7-9-14(10-8-13)20(22)23/h3-10H,2H2,1H3/t17-/m1/s1. The molecule has 5 nitrogen and oxygen atoms in total. The first kappa shape index (κ1) is 16.5. The van der Waals surface area contributed by atoms with Crippen molar-refractivity contribution in [3.63, 3.8) is 0 Å². The van der Waals surface area contributed by atoms with Crippen LogP contribution >= 0.6 is 23.8 Å². The molecule has 0 saturated carbocycles. The molecule has 1 fully saturated rings. The van der Waals surface area contributed by atoms with Crippen molar-refractivity contribution in [2.75, 3.05) is 4.90 Å². The van der Waals surface area contributed by atoms with Gasteiger partial charge in [-0.1, -0.05) is 42.9 Å². The van der Waals surface area contributed by atoms with Crippen LogP contribution < -0.4 is 4.90 Å². The molecule has 0 bridgehead atoms. The number of nitro groups is 1. The Balaban J connectivity index is 1.95. The van der Waals surface area contributed by atoms with Crippen LogP contribution in [0.2, 0.25) is 5.02 Å². The molecule has 1 aliphatic rings. The molecule has 1 aliphatic heterocycles. The van der Waals surface area contributed by atoms with E-state index in [1.807, 2.05) is 19.1 Å². The second-order valence-corrected chi connectivity index (χ2v) is 6.31. The summed E-state index contributed by atoms with van der Waals surface area (Å²) in [6.07, 6.45) is 0.537. The summed E-state index contributed by atoms with van der Waals surface area (Å²) in [6, 6.07) is 12.9. The predicted octanol–water partition coefficient (Wildman–Crippen LogP) is 4.27. The second kappa shape index (κ2) is 5.96. The maximum atomic E-state index is 12.9. The summed E-state index contributed by atoms with van der Waals surface area (Å²) in [7, 11) is 0. The molecule has 1 atom stereocenters. The first-order valence-corrected chi connectivity index (χ1v) is 8.10. The second-order valence-electron chi connectivity index (χ2n) is 5.48. The van der Waals surface area contributed by atoms with Gasteiger partial charge >= 0.3 is 0 Å². The molecule has 1 amide bonds. The van der Waals surface area contributed by atoms with Gasteiger partial charge in [-0.05, 0) is 36.2 Å². The lowest BCUT2D eigenvalue weighted by Gasteiger charge is -2.49. The minimum absolute atomic E-state index is 0.0305. The van der Waals surface area contributed by atoms with Gasteiger partial charge in [0.05, 0.1) is 4.92 Å². The number of carbonyl (C=O) groups is 1. The third-order valence-electron chi connectivity index (χ3n) is 4.32. The molecular weight excluding hydrogens is 348 g/mol. The molecule has 7 heteroatoms. The quantitative estimate of drug-likeness (QED) is 0.353. The van der Waals surface area contributed by atoms with E-state index in [4.69, 9.17) is 23.8 Å². The van der Waals surface area contributed by atoms with Crippen molar-refractivity contribution in [2.24, 2.45) is 0 Å².